The average molecular weight is 531 g/mol. The first-order valence-corrected chi connectivity index (χ1v) is 13.8. The van der Waals surface area contributed by atoms with Crippen molar-refractivity contribution in [2.45, 2.75) is 76.5 Å². The minimum atomic E-state index is -0.418. The van der Waals surface area contributed by atoms with Crippen LogP contribution in [0.4, 0.5) is 0 Å². The molecular weight excluding hydrogens is 493 g/mol. The van der Waals surface area contributed by atoms with E-state index in [9.17, 15) is 9.59 Å². The van der Waals surface area contributed by atoms with Crippen molar-refractivity contribution in [3.63, 3.8) is 0 Å². The summed E-state index contributed by atoms with van der Waals surface area (Å²) in [5.41, 5.74) is 8.58. The molecule has 36 heavy (non-hydrogen) atoms. The van der Waals surface area contributed by atoms with Crippen molar-refractivity contribution in [1.82, 2.24) is 9.80 Å². The van der Waals surface area contributed by atoms with E-state index in [1.54, 1.807) is 6.07 Å². The lowest BCUT2D eigenvalue weighted by atomic mass is 9.91. The van der Waals surface area contributed by atoms with Crippen molar-refractivity contribution in [3.05, 3.63) is 69.7 Å². The number of fused-ring (bicyclic) bond motifs is 1. The Kier molecular flexibility index (Phi) is 9.10. The fourth-order valence-corrected chi connectivity index (χ4v) is 6.00. The van der Waals surface area contributed by atoms with Crippen molar-refractivity contribution < 1.29 is 9.59 Å². The molecule has 2 aromatic rings. The molecular formula is C29H37Cl2N3O2. The molecule has 0 saturated carbocycles. The van der Waals surface area contributed by atoms with Crippen LogP contribution in [0, 0.1) is 5.92 Å². The Bertz CT molecular complexity index is 1060. The molecule has 2 N–H and O–H groups in total. The van der Waals surface area contributed by atoms with Crippen molar-refractivity contribution in [2.75, 3.05) is 13.1 Å². The lowest BCUT2D eigenvalue weighted by Crippen LogP contribution is -2.63. The molecule has 7 heteroatoms. The maximum atomic E-state index is 13.7. The van der Waals surface area contributed by atoms with E-state index in [0.717, 1.165) is 24.9 Å². The number of rotatable bonds is 10. The van der Waals surface area contributed by atoms with E-state index < -0.39 is 6.04 Å². The lowest BCUT2D eigenvalue weighted by Gasteiger charge is -2.46. The number of nitrogens with zero attached hydrogens (tertiary/aromatic N) is 2. The monoisotopic (exact) mass is 529 g/mol. The molecule has 194 valence electrons. The number of hydrogen-bond acceptors (Lipinski definition) is 4. The van der Waals surface area contributed by atoms with Crippen molar-refractivity contribution in [1.29, 1.82) is 0 Å². The SMILES string of the molecule is CC(C)C[C@H](C(=O)CCc1ccc(Cl)c(Cl)c1)N1CC(CCc2ccccc2)N2C[C@H](N)C[C@H]2C1=O. The molecule has 2 aromatic carbocycles. The number of benzene rings is 2. The second-order valence-electron chi connectivity index (χ2n) is 10.7. The van der Waals surface area contributed by atoms with E-state index in [1.807, 2.05) is 23.1 Å². The van der Waals surface area contributed by atoms with Crippen LogP contribution in [-0.4, -0.2) is 58.7 Å². The molecule has 2 heterocycles. The van der Waals surface area contributed by atoms with Crippen LogP contribution in [0.1, 0.15) is 50.7 Å². The largest absolute Gasteiger partial charge is 0.330 e. The van der Waals surface area contributed by atoms with E-state index in [2.05, 4.69) is 43.0 Å². The molecule has 0 bridgehead atoms. The number of carbonyl (C=O) groups is 2. The first-order chi connectivity index (χ1) is 17.2. The van der Waals surface area contributed by atoms with Gasteiger partial charge in [0.25, 0.3) is 0 Å². The minimum Gasteiger partial charge on any atom is -0.330 e. The number of aryl methyl sites for hydroxylation is 2. The number of Topliss-reactive ketones (excluding diaryl/α,β-unsaturated/α-hetero) is 1. The molecule has 1 amide bonds. The summed E-state index contributed by atoms with van der Waals surface area (Å²) in [6, 6.07) is 15.5. The number of nitrogens with two attached hydrogens (primary N) is 1. The van der Waals surface area contributed by atoms with Gasteiger partial charge in [0.05, 0.1) is 22.1 Å². The second-order valence-corrected chi connectivity index (χ2v) is 11.6. The van der Waals surface area contributed by atoms with Crippen molar-refractivity contribution in [3.8, 4) is 0 Å². The summed E-state index contributed by atoms with van der Waals surface area (Å²) in [6.07, 6.45) is 4.13. The van der Waals surface area contributed by atoms with E-state index in [4.69, 9.17) is 28.9 Å². The van der Waals surface area contributed by atoms with Crippen LogP contribution in [0.2, 0.25) is 10.0 Å². The van der Waals surface area contributed by atoms with Crippen LogP contribution in [0.5, 0.6) is 0 Å². The zero-order valence-corrected chi connectivity index (χ0v) is 22.7. The summed E-state index contributed by atoms with van der Waals surface area (Å²) in [4.78, 5) is 31.5. The number of hydrogen-bond donors (Lipinski definition) is 1. The summed E-state index contributed by atoms with van der Waals surface area (Å²) < 4.78 is 0. The number of amides is 1. The first-order valence-electron chi connectivity index (χ1n) is 13.0. The van der Waals surface area contributed by atoms with Crippen LogP contribution in [0.15, 0.2) is 48.5 Å². The van der Waals surface area contributed by atoms with Gasteiger partial charge in [-0.3, -0.25) is 14.5 Å². The van der Waals surface area contributed by atoms with Gasteiger partial charge in [-0.2, -0.15) is 0 Å². The molecule has 0 aliphatic carbocycles. The fourth-order valence-electron chi connectivity index (χ4n) is 5.68. The molecule has 2 aliphatic heterocycles. The normalized spacial score (nSPS) is 23.2. The first kappa shape index (κ1) is 27.1. The molecule has 4 atom stereocenters. The Balaban J connectivity index is 1.51. The van der Waals surface area contributed by atoms with Gasteiger partial charge in [0.15, 0.2) is 5.78 Å². The third-order valence-electron chi connectivity index (χ3n) is 7.51. The van der Waals surface area contributed by atoms with Crippen LogP contribution in [0.25, 0.3) is 0 Å². The minimum absolute atomic E-state index is 0.00738. The molecule has 2 aliphatic rings. The van der Waals surface area contributed by atoms with E-state index in [0.29, 0.717) is 48.2 Å². The van der Waals surface area contributed by atoms with Crippen LogP contribution >= 0.6 is 23.2 Å². The number of halogens is 2. The zero-order chi connectivity index (χ0) is 25.8. The Morgan fingerprint density at radius 3 is 2.47 bits per heavy atom. The predicted octanol–water partition coefficient (Wildman–Crippen LogP) is 5.16. The van der Waals surface area contributed by atoms with Gasteiger partial charge in [-0.1, -0.05) is 73.4 Å². The third-order valence-corrected chi connectivity index (χ3v) is 8.25. The summed E-state index contributed by atoms with van der Waals surface area (Å²) in [5.74, 6) is 0.469. The van der Waals surface area contributed by atoms with Gasteiger partial charge >= 0.3 is 0 Å². The highest BCUT2D eigenvalue weighted by Crippen LogP contribution is 2.32. The second kappa shape index (κ2) is 12.1. The van der Waals surface area contributed by atoms with Crippen molar-refractivity contribution >= 4 is 34.9 Å². The predicted molar refractivity (Wildman–Crippen MR) is 146 cm³/mol. The quantitative estimate of drug-likeness (QED) is 0.461. The molecule has 0 aromatic heterocycles. The Hall–Kier alpha value is -1.92. The lowest BCUT2D eigenvalue weighted by molar-refractivity contribution is -0.151. The maximum Gasteiger partial charge on any atom is 0.240 e. The topological polar surface area (TPSA) is 66.6 Å². The Labute approximate surface area is 224 Å². The number of ketones is 1. The fraction of sp³-hybridized carbons (Fsp3) is 0.517. The van der Waals surface area contributed by atoms with Gasteiger partial charge in [0.2, 0.25) is 5.91 Å². The van der Waals surface area contributed by atoms with Crippen molar-refractivity contribution in [2.24, 2.45) is 11.7 Å². The van der Waals surface area contributed by atoms with E-state index in [1.165, 1.54) is 5.56 Å². The summed E-state index contributed by atoms with van der Waals surface area (Å²) in [6.45, 7) is 5.53. The van der Waals surface area contributed by atoms with E-state index >= 15 is 0 Å². The van der Waals surface area contributed by atoms with Gasteiger partial charge in [0.1, 0.15) is 0 Å². The number of piperazine rings is 1. The average Bonchev–Trinajstić information content (AvgIpc) is 3.25. The third kappa shape index (κ3) is 6.49. The van der Waals surface area contributed by atoms with Gasteiger partial charge < -0.3 is 10.6 Å². The molecule has 2 fully saturated rings. The number of carbonyl (C=O) groups excluding carboxylic acids is 2. The summed E-state index contributed by atoms with van der Waals surface area (Å²) in [7, 11) is 0. The Morgan fingerprint density at radius 2 is 1.78 bits per heavy atom. The zero-order valence-electron chi connectivity index (χ0n) is 21.2. The highest BCUT2D eigenvalue weighted by atomic mass is 35.5. The van der Waals surface area contributed by atoms with Crippen LogP contribution < -0.4 is 5.73 Å². The molecule has 4 rings (SSSR count). The molecule has 0 radical (unpaired) electrons. The molecule has 5 nitrogen and oxygen atoms in total. The van der Waals surface area contributed by atoms with Gasteiger partial charge in [0, 0.05) is 31.6 Å². The smallest absolute Gasteiger partial charge is 0.240 e. The molecule has 0 spiro atoms. The highest BCUT2D eigenvalue weighted by molar-refractivity contribution is 6.42. The molecule has 1 unspecified atom stereocenters. The Morgan fingerprint density at radius 1 is 1.03 bits per heavy atom. The van der Waals surface area contributed by atoms with Gasteiger partial charge in [-0.25, -0.2) is 0 Å². The van der Waals surface area contributed by atoms with E-state index in [-0.39, 0.29) is 29.8 Å². The summed E-state index contributed by atoms with van der Waals surface area (Å²) in [5, 5.41) is 0.995. The maximum absolute atomic E-state index is 13.7. The summed E-state index contributed by atoms with van der Waals surface area (Å²) >= 11 is 12.2. The van der Waals surface area contributed by atoms with Crippen LogP contribution in [0.3, 0.4) is 0 Å². The van der Waals surface area contributed by atoms with Gasteiger partial charge in [-0.15, -0.1) is 0 Å². The highest BCUT2D eigenvalue weighted by Gasteiger charge is 2.48. The van der Waals surface area contributed by atoms with Crippen LogP contribution in [-0.2, 0) is 22.4 Å². The van der Waals surface area contributed by atoms with Gasteiger partial charge in [-0.05, 0) is 61.3 Å². The standard InChI is InChI=1S/C29H37Cl2N3O2/c1-19(2)14-26(28(35)13-10-21-9-12-24(30)25(31)15-21)34-18-23(11-8-20-6-4-3-5-7-20)33-17-22(32)16-27(33)29(34)36/h3-7,9,12,15,19,22-23,26-27H,8,10-11,13-14,16-18,32H2,1-2H3/t22-,23?,26-,27+/m1/s1. The molecule has 2 saturated heterocycles.